The highest BCUT2D eigenvalue weighted by molar-refractivity contribution is 5.96. The molecule has 0 saturated heterocycles. The predicted molar refractivity (Wildman–Crippen MR) is 87.5 cm³/mol. The number of hydrogen-bond donors (Lipinski definition) is 1. The minimum atomic E-state index is 0.513. The molecule has 1 N–H and O–H groups in total. The van der Waals surface area contributed by atoms with Crippen molar-refractivity contribution in [3.63, 3.8) is 0 Å². The van der Waals surface area contributed by atoms with E-state index in [9.17, 15) is 5.26 Å². The van der Waals surface area contributed by atoms with Gasteiger partial charge in [0.05, 0.1) is 23.9 Å². The number of anilines is 2. The average molecular weight is 289 g/mol. The van der Waals surface area contributed by atoms with Gasteiger partial charge in [-0.2, -0.15) is 5.26 Å². The van der Waals surface area contributed by atoms with E-state index in [0.717, 1.165) is 33.6 Å². The molecule has 22 heavy (non-hydrogen) atoms. The van der Waals surface area contributed by atoms with Crippen LogP contribution in [0.2, 0.25) is 0 Å². The van der Waals surface area contributed by atoms with E-state index in [-0.39, 0.29) is 0 Å². The van der Waals surface area contributed by atoms with Gasteiger partial charge >= 0.3 is 0 Å². The van der Waals surface area contributed by atoms with Crippen LogP contribution in [0.15, 0.2) is 48.7 Å². The molecule has 1 aromatic heterocycles. The molecular formula is C18H15N3O. The normalized spacial score (nSPS) is 10.2. The number of nitrogens with one attached hydrogen (secondary N) is 1. The fourth-order valence-corrected chi connectivity index (χ4v) is 2.39. The zero-order chi connectivity index (χ0) is 15.5. The topological polar surface area (TPSA) is 57.9 Å². The number of benzene rings is 2. The molecule has 3 rings (SSSR count). The molecule has 0 aliphatic heterocycles. The highest BCUT2D eigenvalue weighted by Crippen LogP contribution is 2.30. The molecule has 0 aliphatic carbocycles. The van der Waals surface area contributed by atoms with E-state index in [1.807, 2.05) is 49.4 Å². The van der Waals surface area contributed by atoms with Gasteiger partial charge in [0.15, 0.2) is 0 Å². The van der Waals surface area contributed by atoms with Crippen molar-refractivity contribution < 1.29 is 4.74 Å². The zero-order valence-corrected chi connectivity index (χ0v) is 12.4. The zero-order valence-electron chi connectivity index (χ0n) is 12.4. The number of rotatable bonds is 3. The Hall–Kier alpha value is -3.06. The summed E-state index contributed by atoms with van der Waals surface area (Å²) in [4.78, 5) is 4.34. The van der Waals surface area contributed by atoms with E-state index in [2.05, 4.69) is 16.4 Å². The summed E-state index contributed by atoms with van der Waals surface area (Å²) >= 11 is 0. The van der Waals surface area contributed by atoms with Crippen molar-refractivity contribution in [3.8, 4) is 11.8 Å². The lowest BCUT2D eigenvalue weighted by Crippen LogP contribution is -1.97. The van der Waals surface area contributed by atoms with E-state index in [0.29, 0.717) is 5.56 Å². The Morgan fingerprint density at radius 1 is 1.18 bits per heavy atom. The molecule has 1 heterocycles. The number of methoxy groups -OCH3 is 1. The molecule has 0 bridgehead atoms. The number of pyridine rings is 1. The van der Waals surface area contributed by atoms with Crippen LogP contribution in [0.4, 0.5) is 11.4 Å². The maximum atomic E-state index is 9.36. The molecule has 0 amide bonds. The SMILES string of the molecule is COc1ccc2c(Nc3cccc(C)c3)c(C#N)cnc2c1. The minimum absolute atomic E-state index is 0.513. The Bertz CT molecular complexity index is 881. The lowest BCUT2D eigenvalue weighted by molar-refractivity contribution is 0.415. The van der Waals surface area contributed by atoms with Crippen molar-refractivity contribution in [1.29, 1.82) is 5.26 Å². The number of nitrogens with zero attached hydrogens (tertiary/aromatic N) is 2. The van der Waals surface area contributed by atoms with Crippen molar-refractivity contribution in [2.75, 3.05) is 12.4 Å². The number of fused-ring (bicyclic) bond motifs is 1. The molecular weight excluding hydrogens is 274 g/mol. The van der Waals surface area contributed by atoms with Crippen molar-refractivity contribution >= 4 is 22.3 Å². The quantitative estimate of drug-likeness (QED) is 0.786. The molecule has 2 aromatic carbocycles. The van der Waals surface area contributed by atoms with Gasteiger partial charge in [-0.3, -0.25) is 4.98 Å². The first-order valence-electron chi connectivity index (χ1n) is 6.92. The summed E-state index contributed by atoms with van der Waals surface area (Å²) in [6, 6.07) is 15.9. The third kappa shape index (κ3) is 2.57. The predicted octanol–water partition coefficient (Wildman–Crippen LogP) is 4.17. The fraction of sp³-hybridized carbons (Fsp3) is 0.111. The summed E-state index contributed by atoms with van der Waals surface area (Å²) in [6.45, 7) is 2.03. The van der Waals surface area contributed by atoms with Crippen LogP contribution in [0.25, 0.3) is 10.9 Å². The summed E-state index contributed by atoms with van der Waals surface area (Å²) in [5.41, 5.74) is 4.16. The summed E-state index contributed by atoms with van der Waals surface area (Å²) < 4.78 is 5.23. The van der Waals surface area contributed by atoms with Gasteiger partial charge in [-0.1, -0.05) is 12.1 Å². The van der Waals surface area contributed by atoms with Crippen molar-refractivity contribution in [1.82, 2.24) is 4.98 Å². The standard InChI is InChI=1S/C18H15N3O/c1-12-4-3-5-14(8-12)21-18-13(10-19)11-20-17-9-15(22-2)6-7-16(17)18/h3-9,11H,1-2H3,(H,20,21). The van der Waals surface area contributed by atoms with E-state index in [1.54, 1.807) is 13.3 Å². The summed E-state index contributed by atoms with van der Waals surface area (Å²) in [7, 11) is 1.62. The van der Waals surface area contributed by atoms with Crippen molar-refractivity contribution in [2.45, 2.75) is 6.92 Å². The van der Waals surface area contributed by atoms with Gasteiger partial charge < -0.3 is 10.1 Å². The Morgan fingerprint density at radius 3 is 2.77 bits per heavy atom. The maximum absolute atomic E-state index is 9.36. The largest absolute Gasteiger partial charge is 0.497 e. The van der Waals surface area contributed by atoms with Gasteiger partial charge in [-0.25, -0.2) is 0 Å². The summed E-state index contributed by atoms with van der Waals surface area (Å²) in [6.07, 6.45) is 1.58. The Kier molecular flexibility index (Phi) is 3.63. The smallest absolute Gasteiger partial charge is 0.121 e. The molecule has 4 nitrogen and oxygen atoms in total. The molecule has 0 saturated carbocycles. The molecule has 0 atom stereocenters. The molecule has 0 spiro atoms. The fourth-order valence-electron chi connectivity index (χ4n) is 2.39. The first-order valence-corrected chi connectivity index (χ1v) is 6.92. The molecule has 4 heteroatoms. The number of aromatic nitrogens is 1. The highest BCUT2D eigenvalue weighted by atomic mass is 16.5. The lowest BCUT2D eigenvalue weighted by atomic mass is 10.1. The minimum Gasteiger partial charge on any atom is -0.497 e. The second-order valence-electron chi connectivity index (χ2n) is 5.04. The van der Waals surface area contributed by atoms with E-state index >= 15 is 0 Å². The molecule has 108 valence electrons. The lowest BCUT2D eigenvalue weighted by Gasteiger charge is -2.12. The molecule has 0 radical (unpaired) electrons. The Morgan fingerprint density at radius 2 is 2.05 bits per heavy atom. The summed E-state index contributed by atoms with van der Waals surface area (Å²) in [5.74, 6) is 0.742. The number of aryl methyl sites for hydroxylation is 1. The number of ether oxygens (including phenoxy) is 1. The van der Waals surface area contributed by atoms with Gasteiger partial charge in [-0.05, 0) is 36.8 Å². The van der Waals surface area contributed by atoms with Crippen LogP contribution in [0.5, 0.6) is 5.75 Å². The van der Waals surface area contributed by atoms with E-state index in [1.165, 1.54) is 0 Å². The Balaban J connectivity index is 2.15. The second-order valence-corrected chi connectivity index (χ2v) is 5.04. The molecule has 0 fully saturated rings. The van der Waals surface area contributed by atoms with Crippen LogP contribution in [0.3, 0.4) is 0 Å². The maximum Gasteiger partial charge on any atom is 0.121 e. The van der Waals surface area contributed by atoms with Gasteiger partial charge in [0.2, 0.25) is 0 Å². The molecule has 3 aromatic rings. The summed E-state index contributed by atoms with van der Waals surface area (Å²) in [5, 5.41) is 13.6. The van der Waals surface area contributed by atoms with Crippen molar-refractivity contribution in [3.05, 3.63) is 59.8 Å². The highest BCUT2D eigenvalue weighted by Gasteiger charge is 2.10. The Labute approximate surface area is 129 Å². The second kappa shape index (κ2) is 5.74. The third-order valence-corrected chi connectivity index (χ3v) is 3.48. The van der Waals surface area contributed by atoms with Crippen LogP contribution in [0.1, 0.15) is 11.1 Å². The van der Waals surface area contributed by atoms with Crippen LogP contribution in [0, 0.1) is 18.3 Å². The van der Waals surface area contributed by atoms with Crippen molar-refractivity contribution in [2.24, 2.45) is 0 Å². The first kappa shape index (κ1) is 13.9. The monoisotopic (exact) mass is 289 g/mol. The first-order chi connectivity index (χ1) is 10.7. The third-order valence-electron chi connectivity index (χ3n) is 3.48. The molecule has 0 aliphatic rings. The van der Waals surface area contributed by atoms with Gasteiger partial charge in [0.1, 0.15) is 11.8 Å². The van der Waals surface area contributed by atoms with Gasteiger partial charge in [0, 0.05) is 23.3 Å². The van der Waals surface area contributed by atoms with Crippen LogP contribution in [-0.4, -0.2) is 12.1 Å². The van der Waals surface area contributed by atoms with E-state index < -0.39 is 0 Å². The number of hydrogen-bond acceptors (Lipinski definition) is 4. The van der Waals surface area contributed by atoms with Gasteiger partial charge in [0.25, 0.3) is 0 Å². The average Bonchev–Trinajstić information content (AvgIpc) is 2.54. The van der Waals surface area contributed by atoms with E-state index in [4.69, 9.17) is 4.74 Å². The number of nitriles is 1. The van der Waals surface area contributed by atoms with Crippen LogP contribution < -0.4 is 10.1 Å². The van der Waals surface area contributed by atoms with Crippen LogP contribution >= 0.6 is 0 Å². The molecule has 0 unspecified atom stereocenters. The van der Waals surface area contributed by atoms with Gasteiger partial charge in [-0.15, -0.1) is 0 Å². The van der Waals surface area contributed by atoms with Crippen LogP contribution in [-0.2, 0) is 0 Å².